The Bertz CT molecular complexity index is 1400. The van der Waals surface area contributed by atoms with Gasteiger partial charge in [0.1, 0.15) is 11.6 Å². The highest BCUT2D eigenvalue weighted by Gasteiger charge is 2.27. The fraction of sp³-hybridized carbons (Fsp3) is 0.261. The van der Waals surface area contributed by atoms with Crippen molar-refractivity contribution in [3.8, 4) is 11.3 Å². The van der Waals surface area contributed by atoms with Crippen LogP contribution < -0.4 is 5.32 Å². The van der Waals surface area contributed by atoms with E-state index in [0.29, 0.717) is 34.8 Å². The minimum atomic E-state index is -3.52. The third kappa shape index (κ3) is 4.60. The number of fused-ring (bicyclic) bond motifs is 1. The Hall–Kier alpha value is -2.92. The van der Waals surface area contributed by atoms with E-state index in [1.807, 2.05) is 50.4 Å². The minimum absolute atomic E-state index is 0.305. The van der Waals surface area contributed by atoms with Crippen LogP contribution in [0.5, 0.6) is 0 Å². The third-order valence-corrected chi connectivity index (χ3v) is 8.43. The maximum absolute atomic E-state index is 13.1. The molecule has 3 heterocycles. The molecule has 1 saturated heterocycles. The number of anilines is 2. The molecule has 0 bridgehead atoms. The summed E-state index contributed by atoms with van der Waals surface area (Å²) in [6, 6.07) is 16.9. The summed E-state index contributed by atoms with van der Waals surface area (Å²) in [7, 11) is -1.52. The predicted molar refractivity (Wildman–Crippen MR) is 131 cm³/mol. The van der Waals surface area contributed by atoms with Gasteiger partial charge in [0.25, 0.3) is 0 Å². The first-order chi connectivity index (χ1) is 15.9. The molecule has 0 spiro atoms. The lowest BCUT2D eigenvalue weighted by atomic mass is 10.1. The molecule has 2 aromatic carbocycles. The van der Waals surface area contributed by atoms with Crippen LogP contribution >= 0.6 is 11.3 Å². The summed E-state index contributed by atoms with van der Waals surface area (Å²) in [6.07, 6.45) is 0. The number of hydrogen-bond donors (Lipinski definition) is 1. The topological polar surface area (TPSA) is 91.3 Å². The largest absolute Gasteiger partial charge is 0.316 e. The molecular formula is C23H24N6O2S2. The molecule has 0 saturated carbocycles. The Morgan fingerprint density at radius 2 is 1.70 bits per heavy atom. The van der Waals surface area contributed by atoms with E-state index in [4.69, 9.17) is 0 Å². The van der Waals surface area contributed by atoms with Gasteiger partial charge in [0.05, 0.1) is 20.8 Å². The molecule has 0 amide bonds. The van der Waals surface area contributed by atoms with Crippen LogP contribution in [0.25, 0.3) is 21.5 Å². The third-order valence-electron chi connectivity index (χ3n) is 5.60. The SMILES string of the molecule is Cc1nc(Nc2nc3ccc(S(=O)(=O)N4CCN(C)CC4)cc3s2)cc(-c2ccccc2)n1. The van der Waals surface area contributed by atoms with E-state index >= 15 is 0 Å². The van der Waals surface area contributed by atoms with Crippen LogP contribution in [0, 0.1) is 6.92 Å². The number of benzene rings is 2. The number of hydrogen-bond acceptors (Lipinski definition) is 8. The molecule has 2 aromatic heterocycles. The summed E-state index contributed by atoms with van der Waals surface area (Å²) in [5.74, 6) is 1.30. The Kier molecular flexibility index (Phi) is 5.83. The average molecular weight is 481 g/mol. The Morgan fingerprint density at radius 3 is 2.45 bits per heavy atom. The van der Waals surface area contributed by atoms with Gasteiger partial charge in [0, 0.05) is 37.8 Å². The lowest BCUT2D eigenvalue weighted by Crippen LogP contribution is -2.46. The normalized spacial score (nSPS) is 15.7. The number of likely N-dealkylation sites (N-methyl/N-ethyl adjacent to an activating group) is 1. The highest BCUT2D eigenvalue weighted by molar-refractivity contribution is 7.89. The van der Waals surface area contributed by atoms with Gasteiger partial charge in [-0.2, -0.15) is 4.31 Å². The number of sulfonamides is 1. The number of rotatable bonds is 5. The Labute approximate surface area is 197 Å². The van der Waals surface area contributed by atoms with Gasteiger partial charge in [0.2, 0.25) is 10.0 Å². The molecule has 5 rings (SSSR count). The molecule has 0 atom stereocenters. The highest BCUT2D eigenvalue weighted by Crippen LogP contribution is 2.31. The molecule has 0 unspecified atom stereocenters. The molecule has 170 valence electrons. The van der Waals surface area contributed by atoms with Crippen LogP contribution in [0.1, 0.15) is 5.82 Å². The molecule has 0 aliphatic carbocycles. The molecular weight excluding hydrogens is 456 g/mol. The highest BCUT2D eigenvalue weighted by atomic mass is 32.2. The fourth-order valence-electron chi connectivity index (χ4n) is 3.79. The first-order valence-corrected chi connectivity index (χ1v) is 12.9. The summed E-state index contributed by atoms with van der Waals surface area (Å²) in [5, 5.41) is 3.91. The quantitative estimate of drug-likeness (QED) is 0.465. The monoisotopic (exact) mass is 480 g/mol. The molecule has 1 aliphatic rings. The van der Waals surface area contributed by atoms with Crippen molar-refractivity contribution in [3.63, 3.8) is 0 Å². The first-order valence-electron chi connectivity index (χ1n) is 10.7. The summed E-state index contributed by atoms with van der Waals surface area (Å²) < 4.78 is 28.6. The zero-order valence-corrected chi connectivity index (χ0v) is 20.0. The maximum atomic E-state index is 13.1. The minimum Gasteiger partial charge on any atom is -0.316 e. The van der Waals surface area contributed by atoms with Crippen molar-refractivity contribution in [2.24, 2.45) is 0 Å². The number of aryl methyl sites for hydroxylation is 1. The lowest BCUT2D eigenvalue weighted by molar-refractivity contribution is 0.222. The fourth-order valence-corrected chi connectivity index (χ4v) is 6.23. The van der Waals surface area contributed by atoms with Crippen molar-refractivity contribution >= 4 is 42.5 Å². The Balaban J connectivity index is 1.41. The first kappa shape index (κ1) is 21.9. The number of thiazole rings is 1. The van der Waals surface area contributed by atoms with Gasteiger partial charge in [-0.1, -0.05) is 41.7 Å². The molecule has 1 aliphatic heterocycles. The summed E-state index contributed by atoms with van der Waals surface area (Å²) >= 11 is 1.40. The van der Waals surface area contributed by atoms with Gasteiger partial charge in [0.15, 0.2) is 5.13 Å². The Morgan fingerprint density at radius 1 is 0.939 bits per heavy atom. The number of aromatic nitrogens is 3. The van der Waals surface area contributed by atoms with Crippen LogP contribution in [0.15, 0.2) is 59.5 Å². The molecule has 1 fully saturated rings. The number of nitrogens with one attached hydrogen (secondary N) is 1. The van der Waals surface area contributed by atoms with Crippen molar-refractivity contribution in [2.45, 2.75) is 11.8 Å². The van der Waals surface area contributed by atoms with E-state index in [9.17, 15) is 8.42 Å². The van der Waals surface area contributed by atoms with Gasteiger partial charge in [-0.15, -0.1) is 0 Å². The zero-order chi connectivity index (χ0) is 23.0. The van der Waals surface area contributed by atoms with Gasteiger partial charge < -0.3 is 10.2 Å². The van der Waals surface area contributed by atoms with Gasteiger partial charge in [-0.05, 0) is 32.2 Å². The summed E-state index contributed by atoms with van der Waals surface area (Å²) in [4.78, 5) is 16.1. The van der Waals surface area contributed by atoms with E-state index in [0.717, 1.165) is 34.6 Å². The van der Waals surface area contributed by atoms with Gasteiger partial charge in [-0.3, -0.25) is 0 Å². The maximum Gasteiger partial charge on any atom is 0.243 e. The van der Waals surface area contributed by atoms with Crippen LogP contribution in [0.3, 0.4) is 0 Å². The van der Waals surface area contributed by atoms with Gasteiger partial charge in [-0.25, -0.2) is 23.4 Å². The molecule has 4 aromatic rings. The molecule has 10 heteroatoms. The van der Waals surface area contributed by atoms with Crippen LogP contribution in [0.2, 0.25) is 0 Å². The van der Waals surface area contributed by atoms with Crippen LogP contribution in [-0.4, -0.2) is 65.8 Å². The van der Waals surface area contributed by atoms with Crippen molar-refractivity contribution in [1.82, 2.24) is 24.2 Å². The smallest absolute Gasteiger partial charge is 0.243 e. The second-order valence-electron chi connectivity index (χ2n) is 8.03. The van der Waals surface area contributed by atoms with Crippen molar-refractivity contribution in [1.29, 1.82) is 0 Å². The standard InChI is InChI=1S/C23H24N6O2S2/c1-16-24-20(17-6-4-3-5-7-17)15-22(25-16)27-23-26-19-9-8-18(14-21(19)32-23)33(30,31)29-12-10-28(2)11-13-29/h3-9,14-15H,10-13H2,1-2H3,(H,24,25,26,27). The van der Waals surface area contributed by atoms with E-state index in [-0.39, 0.29) is 0 Å². The van der Waals surface area contributed by atoms with E-state index < -0.39 is 10.0 Å². The lowest BCUT2D eigenvalue weighted by Gasteiger charge is -2.31. The van der Waals surface area contributed by atoms with E-state index in [1.165, 1.54) is 11.3 Å². The average Bonchev–Trinajstić information content (AvgIpc) is 3.21. The van der Waals surface area contributed by atoms with Crippen LogP contribution in [-0.2, 0) is 10.0 Å². The summed E-state index contributed by atoms with van der Waals surface area (Å²) in [6.45, 7) is 4.33. The van der Waals surface area contributed by atoms with Crippen molar-refractivity contribution < 1.29 is 8.42 Å². The van der Waals surface area contributed by atoms with E-state index in [1.54, 1.807) is 22.5 Å². The second kappa shape index (κ2) is 8.79. The molecule has 0 radical (unpaired) electrons. The number of piperazine rings is 1. The van der Waals surface area contributed by atoms with Crippen molar-refractivity contribution in [2.75, 3.05) is 38.5 Å². The second-order valence-corrected chi connectivity index (χ2v) is 11.0. The molecule has 33 heavy (non-hydrogen) atoms. The molecule has 8 nitrogen and oxygen atoms in total. The zero-order valence-electron chi connectivity index (χ0n) is 18.4. The van der Waals surface area contributed by atoms with Gasteiger partial charge >= 0.3 is 0 Å². The van der Waals surface area contributed by atoms with Crippen molar-refractivity contribution in [3.05, 3.63) is 60.4 Å². The summed E-state index contributed by atoms with van der Waals surface area (Å²) in [5.41, 5.74) is 2.58. The predicted octanol–water partition coefficient (Wildman–Crippen LogP) is 3.74. The van der Waals surface area contributed by atoms with E-state index in [2.05, 4.69) is 25.2 Å². The molecule has 1 N–H and O–H groups in total. The van der Waals surface area contributed by atoms with Crippen LogP contribution in [0.4, 0.5) is 10.9 Å². The number of nitrogens with zero attached hydrogens (tertiary/aromatic N) is 5.